The molecule has 2 aromatic heterocycles. The number of fused-ring (bicyclic) bond motifs is 3. The Bertz CT molecular complexity index is 1580. The van der Waals surface area contributed by atoms with Crippen molar-refractivity contribution in [2.75, 3.05) is 11.9 Å². The maximum atomic E-state index is 13.4. The van der Waals surface area contributed by atoms with E-state index in [-0.39, 0.29) is 23.9 Å². The van der Waals surface area contributed by atoms with E-state index in [9.17, 15) is 23.2 Å². The molecule has 1 aliphatic carbocycles. The molecule has 0 saturated heterocycles. The minimum atomic E-state index is -0.862. The van der Waals surface area contributed by atoms with Crippen molar-refractivity contribution < 1.29 is 27.9 Å². The number of hydrogen-bond acceptors (Lipinski definition) is 6. The summed E-state index contributed by atoms with van der Waals surface area (Å²) in [5.74, 6) is -2.49. The van der Waals surface area contributed by atoms with Crippen LogP contribution in [0.4, 0.5) is 14.5 Å². The molecule has 41 heavy (non-hydrogen) atoms. The number of carbonyl (C=O) groups excluding carboxylic acids is 3. The summed E-state index contributed by atoms with van der Waals surface area (Å²) in [5.41, 5.74) is 3.62. The second kappa shape index (κ2) is 12.2. The number of rotatable bonds is 9. The number of anilines is 1. The Morgan fingerprint density at radius 1 is 1.15 bits per heavy atom. The van der Waals surface area contributed by atoms with Crippen LogP contribution in [0.3, 0.4) is 0 Å². The molecule has 8 nitrogen and oxygen atoms in total. The van der Waals surface area contributed by atoms with Crippen LogP contribution in [0.15, 0.2) is 48.7 Å². The topological polar surface area (TPSA) is 102 Å². The molecule has 2 atom stereocenters. The number of imidazole rings is 1. The summed E-state index contributed by atoms with van der Waals surface area (Å²) >= 11 is 1.62. The Kier molecular flexibility index (Phi) is 8.44. The first-order chi connectivity index (χ1) is 19.7. The van der Waals surface area contributed by atoms with Crippen molar-refractivity contribution >= 4 is 39.8 Å². The second-order valence-corrected chi connectivity index (χ2v) is 11.1. The number of carbonyl (C=O) groups is 3. The van der Waals surface area contributed by atoms with Gasteiger partial charge in [-0.05, 0) is 62.9 Å². The van der Waals surface area contributed by atoms with E-state index < -0.39 is 29.5 Å². The quantitative estimate of drug-likeness (QED) is 0.258. The van der Waals surface area contributed by atoms with Crippen molar-refractivity contribution in [3.8, 4) is 11.3 Å². The first-order valence-electron chi connectivity index (χ1n) is 13.5. The number of aryl methyl sites for hydroxylation is 1. The fourth-order valence-corrected chi connectivity index (χ4v) is 6.39. The smallest absolute Gasteiger partial charge is 0.306 e. The lowest BCUT2D eigenvalue weighted by molar-refractivity contribution is -0.143. The minimum Gasteiger partial charge on any atom is -0.466 e. The third-order valence-corrected chi connectivity index (χ3v) is 8.27. The number of amides is 2. The number of ether oxygens (including phenoxy) is 1. The zero-order chi connectivity index (χ0) is 29.1. The van der Waals surface area contributed by atoms with Crippen LogP contribution >= 0.6 is 11.3 Å². The lowest BCUT2D eigenvalue weighted by atomic mass is 9.89. The Morgan fingerprint density at radius 3 is 2.59 bits per heavy atom. The third-order valence-electron chi connectivity index (χ3n) is 7.01. The van der Waals surface area contributed by atoms with Crippen molar-refractivity contribution in [2.24, 2.45) is 0 Å². The first-order valence-corrected chi connectivity index (χ1v) is 14.3. The van der Waals surface area contributed by atoms with E-state index in [1.54, 1.807) is 23.5 Å². The van der Waals surface area contributed by atoms with Gasteiger partial charge >= 0.3 is 5.97 Å². The van der Waals surface area contributed by atoms with Crippen LogP contribution in [-0.2, 0) is 32.0 Å². The molecule has 5 rings (SSSR count). The van der Waals surface area contributed by atoms with Gasteiger partial charge < -0.3 is 15.4 Å². The summed E-state index contributed by atoms with van der Waals surface area (Å²) in [6, 6.07) is 9.27. The summed E-state index contributed by atoms with van der Waals surface area (Å²) in [5, 5.41) is 5.31. The Hall–Kier alpha value is -4.12. The Balaban J connectivity index is 1.20. The average Bonchev–Trinajstić information content (AvgIpc) is 3.48. The van der Waals surface area contributed by atoms with Crippen molar-refractivity contribution in [1.82, 2.24) is 14.7 Å². The number of hydrogen-bond donors (Lipinski definition) is 2. The van der Waals surface area contributed by atoms with E-state index in [4.69, 9.17) is 9.72 Å². The van der Waals surface area contributed by atoms with Gasteiger partial charge in [-0.2, -0.15) is 0 Å². The molecular weight excluding hydrogens is 550 g/mol. The fraction of sp³-hybridized carbons (Fsp3) is 0.333. The zero-order valence-corrected chi connectivity index (χ0v) is 23.5. The predicted octanol–water partition coefficient (Wildman–Crippen LogP) is 5.40. The summed E-state index contributed by atoms with van der Waals surface area (Å²) in [6.45, 7) is 3.73. The summed E-state index contributed by atoms with van der Waals surface area (Å²) in [4.78, 5) is 43.9. The highest BCUT2D eigenvalue weighted by atomic mass is 32.1. The minimum absolute atomic E-state index is 0.160. The molecule has 2 amide bonds. The second-order valence-electron chi connectivity index (χ2n) is 10.1. The third kappa shape index (κ3) is 6.62. The Labute approximate surface area is 239 Å². The van der Waals surface area contributed by atoms with E-state index in [1.165, 1.54) is 17.5 Å². The number of nitrogens with zero attached hydrogens (tertiary/aromatic N) is 2. The summed E-state index contributed by atoms with van der Waals surface area (Å²) < 4.78 is 34.0. The van der Waals surface area contributed by atoms with Gasteiger partial charge in [-0.1, -0.05) is 12.1 Å². The highest BCUT2D eigenvalue weighted by molar-refractivity contribution is 7.17. The molecule has 2 N–H and O–H groups in total. The molecule has 0 bridgehead atoms. The number of esters is 1. The van der Waals surface area contributed by atoms with E-state index in [0.717, 1.165) is 53.7 Å². The van der Waals surface area contributed by atoms with Gasteiger partial charge in [0.25, 0.3) is 0 Å². The van der Waals surface area contributed by atoms with Crippen LogP contribution in [0.5, 0.6) is 0 Å². The Morgan fingerprint density at radius 2 is 1.88 bits per heavy atom. The van der Waals surface area contributed by atoms with Gasteiger partial charge in [0.05, 0.1) is 25.1 Å². The maximum absolute atomic E-state index is 13.4. The van der Waals surface area contributed by atoms with E-state index >= 15 is 0 Å². The molecule has 2 heterocycles. The van der Waals surface area contributed by atoms with Crippen molar-refractivity contribution in [3.05, 3.63) is 76.4 Å². The number of thiazole rings is 1. The van der Waals surface area contributed by atoms with E-state index in [2.05, 4.69) is 15.0 Å². The standard InChI is InChI=1S/C30H30F2N4O4S/c1-3-40-27(38)14-20-5-4-6-25-28(20)41-30-35-24(16-36(25)30)19-7-9-23(10-8-19)34-29(39)17(2)33-26(37)13-18-11-21(31)15-22(32)12-18/h7-12,15-17,20H,3-6,13-14H2,1-2H3,(H,33,37)(H,34,39)/t17-,20?/m1/s1. The van der Waals surface area contributed by atoms with Gasteiger partial charge in [0, 0.05) is 40.0 Å². The van der Waals surface area contributed by atoms with Gasteiger partial charge in [0.1, 0.15) is 17.7 Å². The lowest BCUT2D eigenvalue weighted by Crippen LogP contribution is -2.42. The number of nitrogens with one attached hydrogen (secondary N) is 2. The number of benzene rings is 2. The van der Waals surface area contributed by atoms with Crippen molar-refractivity contribution in [2.45, 2.75) is 57.9 Å². The van der Waals surface area contributed by atoms with E-state index in [1.807, 2.05) is 25.3 Å². The molecule has 11 heteroatoms. The number of halogens is 2. The predicted molar refractivity (Wildman–Crippen MR) is 152 cm³/mol. The van der Waals surface area contributed by atoms with Crippen LogP contribution in [0.25, 0.3) is 16.2 Å². The van der Waals surface area contributed by atoms with Crippen LogP contribution in [0.1, 0.15) is 55.2 Å². The van der Waals surface area contributed by atoms with Crippen LogP contribution in [0, 0.1) is 11.6 Å². The van der Waals surface area contributed by atoms with Gasteiger partial charge in [-0.3, -0.25) is 18.8 Å². The van der Waals surface area contributed by atoms with Crippen LogP contribution in [-0.4, -0.2) is 39.8 Å². The van der Waals surface area contributed by atoms with Crippen LogP contribution < -0.4 is 10.6 Å². The molecule has 214 valence electrons. The molecular formula is C30H30F2N4O4S. The zero-order valence-electron chi connectivity index (χ0n) is 22.7. The molecule has 2 aromatic carbocycles. The van der Waals surface area contributed by atoms with Gasteiger partial charge in [0.2, 0.25) is 11.8 Å². The SMILES string of the molecule is CCOC(=O)CC1CCCc2c1sc1nc(-c3ccc(NC(=O)[C@@H](C)NC(=O)Cc4cc(F)cc(F)c4)cc3)cn21. The summed E-state index contributed by atoms with van der Waals surface area (Å²) in [7, 11) is 0. The summed E-state index contributed by atoms with van der Waals surface area (Å²) in [6.07, 6.45) is 5.05. The highest BCUT2D eigenvalue weighted by Gasteiger charge is 2.28. The van der Waals surface area contributed by atoms with Gasteiger partial charge in [-0.15, -0.1) is 11.3 Å². The van der Waals surface area contributed by atoms with E-state index in [0.29, 0.717) is 18.7 Å². The van der Waals surface area contributed by atoms with Crippen molar-refractivity contribution in [3.63, 3.8) is 0 Å². The largest absolute Gasteiger partial charge is 0.466 e. The van der Waals surface area contributed by atoms with Gasteiger partial charge in [-0.25, -0.2) is 13.8 Å². The molecule has 1 aliphatic rings. The monoisotopic (exact) mass is 580 g/mol. The van der Waals surface area contributed by atoms with Crippen molar-refractivity contribution in [1.29, 1.82) is 0 Å². The molecule has 4 aromatic rings. The van der Waals surface area contributed by atoms with Crippen LogP contribution in [0.2, 0.25) is 0 Å². The fourth-order valence-electron chi connectivity index (χ4n) is 5.10. The first kappa shape index (κ1) is 28.4. The highest BCUT2D eigenvalue weighted by Crippen LogP contribution is 2.40. The maximum Gasteiger partial charge on any atom is 0.306 e. The van der Waals surface area contributed by atoms with Gasteiger partial charge in [0.15, 0.2) is 4.96 Å². The molecule has 0 saturated carbocycles. The molecule has 0 spiro atoms. The average molecular weight is 581 g/mol. The molecule has 0 fully saturated rings. The normalized spacial score (nSPS) is 15.3. The lowest BCUT2D eigenvalue weighted by Gasteiger charge is -2.21. The molecule has 0 aliphatic heterocycles. The molecule has 0 radical (unpaired) electrons. The molecule has 1 unspecified atom stereocenters. The number of aromatic nitrogens is 2.